The normalized spacial score (nSPS) is 14.0. The van der Waals surface area contributed by atoms with Gasteiger partial charge < -0.3 is 9.52 Å². The van der Waals surface area contributed by atoms with Crippen molar-refractivity contribution in [2.45, 2.75) is 10.5 Å². The minimum atomic E-state index is -3.83. The molecule has 0 spiro atoms. The number of nitrogens with zero attached hydrogens (tertiary/aromatic N) is 2. The van der Waals surface area contributed by atoms with Gasteiger partial charge in [0.1, 0.15) is 5.60 Å². The first kappa shape index (κ1) is 18.6. The fraction of sp³-hybridized carbons (Fsp3) is 0.105. The van der Waals surface area contributed by atoms with Crippen LogP contribution in [0.2, 0.25) is 0 Å². The van der Waals surface area contributed by atoms with Crippen LogP contribution in [-0.2, 0) is 15.6 Å². The third-order valence-electron chi connectivity index (χ3n) is 4.36. The van der Waals surface area contributed by atoms with Crippen LogP contribution in [0.5, 0.6) is 0 Å². The molecule has 0 radical (unpaired) electrons. The molecule has 4 rings (SSSR count). The largest absolute Gasteiger partial charge is 0.472 e. The maximum absolute atomic E-state index is 12.8. The van der Waals surface area contributed by atoms with Gasteiger partial charge in [-0.25, -0.2) is 17.8 Å². The molecule has 0 fully saturated rings. The standard InChI is InChI=1S/C19H17N3O4S2/c23-19(15-8-11-26-13-15,18-3-1-12-27-18)14-21-28(24,25)17-6-4-16(5-7-17)22-10-2-9-20-22/h1-13,21,23H,14H2. The van der Waals surface area contributed by atoms with Crippen LogP contribution in [0.3, 0.4) is 0 Å². The molecule has 0 bridgehead atoms. The number of furan rings is 1. The lowest BCUT2D eigenvalue weighted by Crippen LogP contribution is -2.40. The monoisotopic (exact) mass is 415 g/mol. The van der Waals surface area contributed by atoms with Crippen LogP contribution in [0.25, 0.3) is 5.69 Å². The van der Waals surface area contributed by atoms with Gasteiger partial charge in [0.25, 0.3) is 0 Å². The summed E-state index contributed by atoms with van der Waals surface area (Å²) in [5.74, 6) is 0. The second-order valence-corrected chi connectivity index (χ2v) is 8.83. The van der Waals surface area contributed by atoms with Crippen LogP contribution in [0.1, 0.15) is 10.4 Å². The van der Waals surface area contributed by atoms with E-state index in [0.29, 0.717) is 10.4 Å². The first-order chi connectivity index (χ1) is 13.5. The molecule has 3 heterocycles. The van der Waals surface area contributed by atoms with Crippen molar-refractivity contribution in [1.29, 1.82) is 0 Å². The molecule has 0 aliphatic rings. The predicted molar refractivity (Wildman–Crippen MR) is 105 cm³/mol. The number of benzene rings is 1. The van der Waals surface area contributed by atoms with Crippen molar-refractivity contribution in [3.8, 4) is 5.69 Å². The fourth-order valence-corrected chi connectivity index (χ4v) is 4.73. The molecule has 1 aromatic carbocycles. The summed E-state index contributed by atoms with van der Waals surface area (Å²) in [4.78, 5) is 0.717. The summed E-state index contributed by atoms with van der Waals surface area (Å²) >= 11 is 1.34. The SMILES string of the molecule is O=S(=O)(NCC(O)(c1ccoc1)c1cccs1)c1ccc(-n2cccn2)cc1. The number of hydrogen-bond donors (Lipinski definition) is 2. The van der Waals surface area contributed by atoms with Gasteiger partial charge in [-0.15, -0.1) is 11.3 Å². The first-order valence-electron chi connectivity index (χ1n) is 8.38. The molecule has 28 heavy (non-hydrogen) atoms. The van der Waals surface area contributed by atoms with Gasteiger partial charge in [0.15, 0.2) is 0 Å². The van der Waals surface area contributed by atoms with E-state index in [2.05, 4.69) is 9.82 Å². The summed E-state index contributed by atoms with van der Waals surface area (Å²) in [6.45, 7) is -0.226. The number of rotatable bonds is 7. The molecule has 0 saturated carbocycles. The molecule has 0 aliphatic heterocycles. The molecule has 3 aromatic heterocycles. The maximum Gasteiger partial charge on any atom is 0.240 e. The van der Waals surface area contributed by atoms with Crippen molar-refractivity contribution in [2.24, 2.45) is 0 Å². The highest BCUT2D eigenvalue weighted by atomic mass is 32.2. The minimum absolute atomic E-state index is 0.101. The van der Waals surface area contributed by atoms with Gasteiger partial charge in [-0.2, -0.15) is 5.10 Å². The van der Waals surface area contributed by atoms with Crippen LogP contribution in [0.15, 0.2) is 88.1 Å². The van der Waals surface area contributed by atoms with Gasteiger partial charge in [0.2, 0.25) is 10.0 Å². The summed E-state index contributed by atoms with van der Waals surface area (Å²) in [5.41, 5.74) is -0.299. The molecule has 0 amide bonds. The summed E-state index contributed by atoms with van der Waals surface area (Å²) in [5, 5.41) is 17.2. The number of aromatic nitrogens is 2. The van der Waals surface area contributed by atoms with Crippen molar-refractivity contribution in [3.63, 3.8) is 0 Å². The second kappa shape index (κ2) is 7.36. The van der Waals surface area contributed by atoms with Gasteiger partial charge >= 0.3 is 0 Å². The smallest absolute Gasteiger partial charge is 0.240 e. The quantitative estimate of drug-likeness (QED) is 0.484. The number of nitrogens with one attached hydrogen (secondary N) is 1. The van der Waals surface area contributed by atoms with Crippen molar-refractivity contribution >= 4 is 21.4 Å². The lowest BCUT2D eigenvalue weighted by molar-refractivity contribution is 0.0892. The van der Waals surface area contributed by atoms with Crippen molar-refractivity contribution in [3.05, 3.63) is 89.3 Å². The van der Waals surface area contributed by atoms with Crippen molar-refractivity contribution in [1.82, 2.24) is 14.5 Å². The third kappa shape index (κ3) is 3.52. The van der Waals surface area contributed by atoms with E-state index in [1.807, 2.05) is 5.38 Å². The summed E-state index contributed by atoms with van der Waals surface area (Å²) in [6, 6.07) is 13.3. The Balaban J connectivity index is 1.57. The number of hydrogen-bond acceptors (Lipinski definition) is 6. The summed E-state index contributed by atoms with van der Waals surface area (Å²) in [6.07, 6.45) is 6.27. The van der Waals surface area contributed by atoms with E-state index in [-0.39, 0.29) is 11.4 Å². The van der Waals surface area contributed by atoms with Crippen LogP contribution in [0, 0.1) is 0 Å². The molecule has 1 atom stereocenters. The van der Waals surface area contributed by atoms with Gasteiger partial charge in [-0.3, -0.25) is 0 Å². The van der Waals surface area contributed by atoms with Crippen LogP contribution in [0.4, 0.5) is 0 Å². The Labute approximate surface area is 165 Å². The molecule has 144 valence electrons. The first-order valence-corrected chi connectivity index (χ1v) is 10.7. The molecule has 4 aromatic rings. The van der Waals surface area contributed by atoms with Gasteiger partial charge in [0, 0.05) is 29.4 Å². The van der Waals surface area contributed by atoms with E-state index in [4.69, 9.17) is 4.42 Å². The molecular formula is C19H17N3O4S2. The zero-order chi connectivity index (χ0) is 19.6. The van der Waals surface area contributed by atoms with E-state index in [1.54, 1.807) is 53.5 Å². The highest BCUT2D eigenvalue weighted by molar-refractivity contribution is 7.89. The molecule has 0 saturated heterocycles. The van der Waals surface area contributed by atoms with Gasteiger partial charge in [-0.05, 0) is 47.8 Å². The van der Waals surface area contributed by atoms with Crippen LogP contribution >= 0.6 is 11.3 Å². The van der Waals surface area contributed by atoms with Gasteiger partial charge in [0.05, 0.1) is 23.1 Å². The molecule has 7 nitrogen and oxygen atoms in total. The highest BCUT2D eigenvalue weighted by Crippen LogP contribution is 2.33. The Morgan fingerprint density at radius 3 is 2.61 bits per heavy atom. The Kier molecular flexibility index (Phi) is 4.90. The number of sulfonamides is 1. The van der Waals surface area contributed by atoms with E-state index in [0.717, 1.165) is 5.69 Å². The Hall–Kier alpha value is -2.72. The topological polar surface area (TPSA) is 97.4 Å². The van der Waals surface area contributed by atoms with E-state index in [9.17, 15) is 13.5 Å². The highest BCUT2D eigenvalue weighted by Gasteiger charge is 2.35. The van der Waals surface area contributed by atoms with Gasteiger partial charge in [-0.1, -0.05) is 6.07 Å². The molecular weight excluding hydrogens is 398 g/mol. The van der Waals surface area contributed by atoms with Crippen molar-refractivity contribution < 1.29 is 17.9 Å². The molecule has 9 heteroatoms. The van der Waals surface area contributed by atoms with E-state index in [1.165, 1.54) is 36.0 Å². The second-order valence-electron chi connectivity index (χ2n) is 6.12. The van der Waals surface area contributed by atoms with E-state index >= 15 is 0 Å². The predicted octanol–water partition coefficient (Wildman–Crippen LogP) is 2.74. The molecule has 0 aliphatic carbocycles. The lowest BCUT2D eigenvalue weighted by atomic mass is 9.95. The zero-order valence-electron chi connectivity index (χ0n) is 14.6. The summed E-state index contributed by atoms with van der Waals surface area (Å²) in [7, 11) is -3.83. The number of thiophene rings is 1. The fourth-order valence-electron chi connectivity index (χ4n) is 2.83. The summed E-state index contributed by atoms with van der Waals surface area (Å²) < 4.78 is 34.7. The zero-order valence-corrected chi connectivity index (χ0v) is 16.2. The maximum atomic E-state index is 12.8. The lowest BCUT2D eigenvalue weighted by Gasteiger charge is -2.26. The Morgan fingerprint density at radius 1 is 1.18 bits per heavy atom. The molecule has 2 N–H and O–H groups in total. The molecule has 1 unspecified atom stereocenters. The Bertz CT molecular complexity index is 1080. The van der Waals surface area contributed by atoms with Crippen LogP contribution < -0.4 is 4.72 Å². The van der Waals surface area contributed by atoms with Crippen molar-refractivity contribution in [2.75, 3.05) is 6.54 Å². The average Bonchev–Trinajstić information content (AvgIpc) is 3.49. The van der Waals surface area contributed by atoms with Crippen LogP contribution in [-0.4, -0.2) is 29.8 Å². The third-order valence-corrected chi connectivity index (χ3v) is 6.80. The van der Waals surface area contributed by atoms with E-state index < -0.39 is 15.6 Å². The Morgan fingerprint density at radius 2 is 2.00 bits per heavy atom. The minimum Gasteiger partial charge on any atom is -0.472 e. The number of aliphatic hydroxyl groups is 1. The average molecular weight is 415 g/mol.